The van der Waals surface area contributed by atoms with E-state index in [1.807, 2.05) is 0 Å². The first-order chi connectivity index (χ1) is 9.13. The van der Waals surface area contributed by atoms with Gasteiger partial charge in [-0.1, -0.05) is 20.3 Å². The molecule has 20 heavy (non-hydrogen) atoms. The highest BCUT2D eigenvalue weighted by molar-refractivity contribution is 6.70. The van der Waals surface area contributed by atoms with Gasteiger partial charge in [0.1, 0.15) is 5.22 Å². The molecule has 2 unspecified atom stereocenters. The molecule has 4 N–H and O–H groups in total. The van der Waals surface area contributed by atoms with Gasteiger partial charge in [-0.15, -0.1) is 0 Å². The molecule has 0 aromatic rings. The maximum absolute atomic E-state index is 5.97. The van der Waals surface area contributed by atoms with Gasteiger partial charge in [0.2, 0.25) is 0 Å². The largest absolute Gasteiger partial charge is 0.396 e. The van der Waals surface area contributed by atoms with Gasteiger partial charge in [0, 0.05) is 21.3 Å². The molecule has 1 aliphatic heterocycles. The lowest BCUT2D eigenvalue weighted by Crippen LogP contribution is -2.65. The molecule has 122 valence electrons. The molecule has 1 heterocycles. The zero-order chi connectivity index (χ0) is 14.4. The second-order valence-corrected chi connectivity index (χ2v) is 9.18. The van der Waals surface area contributed by atoms with Crippen molar-refractivity contribution in [2.24, 2.45) is 17.4 Å². The van der Waals surface area contributed by atoms with E-state index in [1.54, 1.807) is 21.3 Å². The van der Waals surface area contributed by atoms with E-state index in [0.717, 1.165) is 38.1 Å². The first kappa shape index (κ1) is 20.0. The predicted molar refractivity (Wildman–Crippen MR) is 85.7 cm³/mol. The van der Waals surface area contributed by atoms with Crippen molar-refractivity contribution >= 4 is 8.56 Å². The Morgan fingerprint density at radius 1 is 1.15 bits per heavy atom. The van der Waals surface area contributed by atoms with Gasteiger partial charge in [-0.25, -0.2) is 0 Å². The van der Waals surface area contributed by atoms with Gasteiger partial charge < -0.3 is 25.1 Å². The fourth-order valence-corrected chi connectivity index (χ4v) is 7.41. The van der Waals surface area contributed by atoms with E-state index in [-0.39, 0.29) is 12.7 Å². The molecule has 0 spiro atoms. The van der Waals surface area contributed by atoms with Crippen LogP contribution in [0.15, 0.2) is 0 Å². The van der Waals surface area contributed by atoms with Crippen LogP contribution in [0, 0.1) is 5.92 Å². The molecule has 5 nitrogen and oxygen atoms in total. The summed E-state index contributed by atoms with van der Waals surface area (Å²) in [6.45, 7) is 1.30. The molecule has 1 saturated heterocycles. The topological polar surface area (TPSA) is 79.7 Å². The number of nitrogens with two attached hydrogens (primary N) is 2. The molecule has 0 radical (unpaired) electrons. The van der Waals surface area contributed by atoms with E-state index >= 15 is 0 Å². The van der Waals surface area contributed by atoms with Crippen LogP contribution in [0.2, 0.25) is 6.04 Å². The monoisotopic (exact) mass is 306 g/mol. The molecule has 6 heteroatoms. The summed E-state index contributed by atoms with van der Waals surface area (Å²) in [7, 11) is 2.96. The van der Waals surface area contributed by atoms with Gasteiger partial charge in [0.25, 0.3) is 0 Å². The normalized spacial score (nSPS) is 26.9. The first-order valence-electron chi connectivity index (χ1n) is 7.19. The molecule has 0 amide bonds. The Kier molecular flexibility index (Phi) is 9.13. The Morgan fingerprint density at radius 3 is 2.25 bits per heavy atom. The molecule has 0 aliphatic carbocycles. The van der Waals surface area contributed by atoms with Crippen LogP contribution in [-0.4, -0.2) is 48.2 Å². The predicted octanol–water partition coefficient (Wildman–Crippen LogP) is 1.78. The zero-order valence-electron chi connectivity index (χ0n) is 12.6. The number of hydrogen-bond acceptors (Lipinski definition) is 5. The van der Waals surface area contributed by atoms with Crippen molar-refractivity contribution < 1.29 is 13.6 Å². The summed E-state index contributed by atoms with van der Waals surface area (Å²) in [6, 6.07) is 0.994. The van der Waals surface area contributed by atoms with Crippen LogP contribution in [0.25, 0.3) is 0 Å². The van der Waals surface area contributed by atoms with E-state index in [4.69, 9.17) is 25.1 Å². The second kappa shape index (κ2) is 9.12. The lowest BCUT2D eigenvalue weighted by atomic mass is 9.94. The molecule has 0 aromatic carbocycles. The Balaban J connectivity index is 0.00000361. The van der Waals surface area contributed by atoms with Crippen molar-refractivity contribution in [3.05, 3.63) is 0 Å². The molecule has 1 aliphatic rings. The number of methoxy groups -OCH3 is 1. The lowest BCUT2D eigenvalue weighted by molar-refractivity contribution is -0.0247. The van der Waals surface area contributed by atoms with Crippen molar-refractivity contribution in [3.63, 3.8) is 0 Å². The van der Waals surface area contributed by atoms with E-state index in [2.05, 4.69) is 0 Å². The lowest BCUT2D eigenvalue weighted by Gasteiger charge is -2.49. The minimum Gasteiger partial charge on any atom is -0.396 e. The van der Waals surface area contributed by atoms with E-state index in [1.165, 1.54) is 0 Å². The molecule has 0 aromatic heterocycles. The van der Waals surface area contributed by atoms with Crippen LogP contribution in [0.5, 0.6) is 0 Å². The Bertz CT molecular complexity index is 265. The average molecular weight is 307 g/mol. The van der Waals surface area contributed by atoms with Crippen molar-refractivity contribution in [1.29, 1.82) is 0 Å². The standard InChI is InChI=1S/C13H30N2O3Si.CH4/c1-16-13(10-12(11-15)6-8-14)7-4-5-9-19(13,17-2)18-3;/h12H,4-11,14-15H2,1-3H3;1H4. The van der Waals surface area contributed by atoms with Crippen LogP contribution >= 0.6 is 0 Å². The summed E-state index contributed by atoms with van der Waals surface area (Å²) < 4.78 is 17.7. The molecule has 0 bridgehead atoms. The SMILES string of the molecule is C.COC1(CC(CN)CCN)CCCC[Si]1(OC)OC. The zero-order valence-corrected chi connectivity index (χ0v) is 13.6. The summed E-state index contributed by atoms with van der Waals surface area (Å²) in [5.41, 5.74) is 11.6. The summed E-state index contributed by atoms with van der Waals surface area (Å²) in [5, 5.41) is -0.284. The molecule has 2 atom stereocenters. The van der Waals surface area contributed by atoms with Crippen molar-refractivity contribution in [2.75, 3.05) is 34.4 Å². The highest BCUT2D eigenvalue weighted by atomic mass is 28.4. The average Bonchev–Trinajstić information content (AvgIpc) is 2.47. The fraction of sp³-hybridized carbons (Fsp3) is 1.00. The molecule has 1 rings (SSSR count). The number of rotatable bonds is 8. The smallest absolute Gasteiger partial charge is 0.370 e. The van der Waals surface area contributed by atoms with E-state index in [0.29, 0.717) is 19.0 Å². The Labute approximate surface area is 125 Å². The maximum atomic E-state index is 5.97. The van der Waals surface area contributed by atoms with Crippen LogP contribution in [-0.2, 0) is 13.6 Å². The number of hydrogen-bond donors (Lipinski definition) is 2. The van der Waals surface area contributed by atoms with Gasteiger partial charge in [-0.2, -0.15) is 0 Å². The van der Waals surface area contributed by atoms with Gasteiger partial charge in [-0.05, 0) is 44.3 Å². The fourth-order valence-electron chi connectivity index (χ4n) is 3.45. The molecular weight excluding hydrogens is 272 g/mol. The minimum absolute atomic E-state index is 0. The summed E-state index contributed by atoms with van der Waals surface area (Å²) >= 11 is 0. The van der Waals surface area contributed by atoms with Crippen LogP contribution in [0.3, 0.4) is 0 Å². The van der Waals surface area contributed by atoms with Gasteiger partial charge in [0.05, 0.1) is 0 Å². The van der Waals surface area contributed by atoms with Gasteiger partial charge >= 0.3 is 8.56 Å². The summed E-state index contributed by atoms with van der Waals surface area (Å²) in [5.74, 6) is 0.375. The molecular formula is C14H34N2O3Si. The Morgan fingerprint density at radius 2 is 1.80 bits per heavy atom. The van der Waals surface area contributed by atoms with Gasteiger partial charge in [0.15, 0.2) is 0 Å². The molecule has 0 saturated carbocycles. The third-order valence-corrected chi connectivity index (χ3v) is 8.98. The van der Waals surface area contributed by atoms with Crippen LogP contribution in [0.4, 0.5) is 0 Å². The van der Waals surface area contributed by atoms with Crippen molar-refractivity contribution in [1.82, 2.24) is 0 Å². The highest BCUT2D eigenvalue weighted by Crippen LogP contribution is 2.43. The summed E-state index contributed by atoms with van der Waals surface area (Å²) in [4.78, 5) is 0. The summed E-state index contributed by atoms with van der Waals surface area (Å²) in [6.07, 6.45) is 5.14. The van der Waals surface area contributed by atoms with E-state index < -0.39 is 8.56 Å². The third-order valence-electron chi connectivity index (χ3n) is 4.61. The first-order valence-corrected chi connectivity index (χ1v) is 9.21. The third kappa shape index (κ3) is 3.81. The van der Waals surface area contributed by atoms with Crippen LogP contribution < -0.4 is 11.5 Å². The maximum Gasteiger partial charge on any atom is 0.370 e. The van der Waals surface area contributed by atoms with E-state index in [9.17, 15) is 0 Å². The quantitative estimate of drug-likeness (QED) is 0.668. The van der Waals surface area contributed by atoms with Crippen molar-refractivity contribution in [2.45, 2.75) is 50.8 Å². The Hall–Kier alpha value is 0.0169. The highest BCUT2D eigenvalue weighted by Gasteiger charge is 2.59. The number of ether oxygens (including phenoxy) is 1. The van der Waals surface area contributed by atoms with Crippen molar-refractivity contribution in [3.8, 4) is 0 Å². The van der Waals surface area contributed by atoms with Gasteiger partial charge in [-0.3, -0.25) is 0 Å². The second-order valence-electron chi connectivity index (χ2n) is 5.45. The van der Waals surface area contributed by atoms with Crippen LogP contribution in [0.1, 0.15) is 39.5 Å². The molecule has 1 fully saturated rings. The minimum atomic E-state index is -2.34.